The molecule has 0 spiro atoms. The molecule has 2 aromatic rings. The average molecular weight is 368 g/mol. The Morgan fingerprint density at radius 3 is 2.37 bits per heavy atom. The second-order valence-corrected chi connectivity index (χ2v) is 6.96. The number of ether oxygens (including phenoxy) is 1. The van der Waals surface area contributed by atoms with E-state index >= 15 is 0 Å². The third-order valence-corrected chi connectivity index (χ3v) is 4.90. The highest BCUT2D eigenvalue weighted by molar-refractivity contribution is 5.97. The lowest BCUT2D eigenvalue weighted by Gasteiger charge is -2.22. The molecule has 0 bridgehead atoms. The summed E-state index contributed by atoms with van der Waals surface area (Å²) >= 11 is 0. The molecule has 1 heterocycles. The summed E-state index contributed by atoms with van der Waals surface area (Å²) in [6.45, 7) is 0.824. The standard InChI is InChI=1S/C21H24N2O4/c1-22(2)17-12-19(21(25)26)23(13-17)20(24)16-10-8-15(9-11-16)14-27-18-6-4-3-5-7-18/h3-11,17,19H,12-14H2,1-2H3,(H,25,26)/t17-,19+/m1/s1. The predicted molar refractivity (Wildman–Crippen MR) is 102 cm³/mol. The average Bonchev–Trinajstić information content (AvgIpc) is 3.13. The van der Waals surface area contributed by atoms with Gasteiger partial charge < -0.3 is 19.6 Å². The summed E-state index contributed by atoms with van der Waals surface area (Å²) in [5.74, 6) is -0.420. The van der Waals surface area contributed by atoms with Gasteiger partial charge in [-0.15, -0.1) is 0 Å². The van der Waals surface area contributed by atoms with Crippen molar-refractivity contribution in [3.63, 3.8) is 0 Å². The van der Waals surface area contributed by atoms with Crippen molar-refractivity contribution in [2.24, 2.45) is 0 Å². The fourth-order valence-electron chi connectivity index (χ4n) is 3.24. The van der Waals surface area contributed by atoms with Crippen LogP contribution in [0.3, 0.4) is 0 Å². The minimum atomic E-state index is -0.958. The summed E-state index contributed by atoms with van der Waals surface area (Å²) in [6.07, 6.45) is 0.442. The Hall–Kier alpha value is -2.86. The molecule has 1 saturated heterocycles. The van der Waals surface area contributed by atoms with E-state index < -0.39 is 12.0 Å². The molecule has 0 aromatic heterocycles. The van der Waals surface area contributed by atoms with Gasteiger partial charge in [0.25, 0.3) is 5.91 Å². The van der Waals surface area contributed by atoms with Crippen LogP contribution in [0.5, 0.6) is 5.75 Å². The molecule has 1 N–H and O–H groups in total. The molecule has 1 fully saturated rings. The van der Waals surface area contributed by atoms with Crippen LogP contribution in [0.25, 0.3) is 0 Å². The second-order valence-electron chi connectivity index (χ2n) is 6.96. The molecule has 1 aliphatic heterocycles. The Kier molecular flexibility index (Phi) is 5.76. The topological polar surface area (TPSA) is 70.1 Å². The number of rotatable bonds is 6. The SMILES string of the molecule is CN(C)[C@@H]1C[C@@H](C(=O)O)N(C(=O)c2ccc(COc3ccccc3)cc2)C1. The van der Waals surface area contributed by atoms with Crippen LogP contribution in [0.2, 0.25) is 0 Å². The summed E-state index contributed by atoms with van der Waals surface area (Å²) in [4.78, 5) is 27.8. The number of aliphatic carboxylic acids is 1. The summed E-state index contributed by atoms with van der Waals surface area (Å²) in [5, 5.41) is 9.47. The third-order valence-electron chi connectivity index (χ3n) is 4.90. The van der Waals surface area contributed by atoms with Crippen LogP contribution in [0.4, 0.5) is 0 Å². The van der Waals surface area contributed by atoms with Gasteiger partial charge in [-0.05, 0) is 50.3 Å². The van der Waals surface area contributed by atoms with Crippen molar-refractivity contribution in [1.29, 1.82) is 0 Å². The van der Waals surface area contributed by atoms with E-state index in [0.29, 0.717) is 25.1 Å². The van der Waals surface area contributed by atoms with Gasteiger partial charge in [0.2, 0.25) is 0 Å². The first-order valence-electron chi connectivity index (χ1n) is 8.92. The Labute approximate surface area is 159 Å². The van der Waals surface area contributed by atoms with Crippen molar-refractivity contribution >= 4 is 11.9 Å². The molecule has 0 saturated carbocycles. The van der Waals surface area contributed by atoms with E-state index in [-0.39, 0.29) is 11.9 Å². The number of hydrogen-bond donors (Lipinski definition) is 1. The number of benzene rings is 2. The Bertz CT molecular complexity index is 790. The number of carboxylic acid groups (broad SMARTS) is 1. The Morgan fingerprint density at radius 2 is 1.78 bits per heavy atom. The molecular formula is C21H24N2O4. The van der Waals surface area contributed by atoms with Gasteiger partial charge >= 0.3 is 5.97 Å². The van der Waals surface area contributed by atoms with E-state index in [1.165, 1.54) is 4.90 Å². The Balaban J connectivity index is 1.67. The largest absolute Gasteiger partial charge is 0.489 e. The molecule has 142 valence electrons. The smallest absolute Gasteiger partial charge is 0.326 e. The normalized spacial score (nSPS) is 19.3. The summed E-state index contributed by atoms with van der Waals surface area (Å²) < 4.78 is 5.70. The first-order valence-corrected chi connectivity index (χ1v) is 8.92. The van der Waals surface area contributed by atoms with E-state index in [0.717, 1.165) is 11.3 Å². The number of amides is 1. The lowest BCUT2D eigenvalue weighted by molar-refractivity contribution is -0.141. The van der Waals surface area contributed by atoms with Gasteiger partial charge in [0.15, 0.2) is 0 Å². The zero-order valence-electron chi connectivity index (χ0n) is 15.5. The van der Waals surface area contributed by atoms with Crippen molar-refractivity contribution in [3.8, 4) is 5.75 Å². The molecule has 2 atom stereocenters. The van der Waals surface area contributed by atoms with Gasteiger partial charge in [0.05, 0.1) is 0 Å². The number of carbonyl (C=O) groups excluding carboxylic acids is 1. The highest BCUT2D eigenvalue weighted by atomic mass is 16.5. The van der Waals surface area contributed by atoms with Gasteiger partial charge in [-0.1, -0.05) is 30.3 Å². The fraction of sp³-hybridized carbons (Fsp3) is 0.333. The monoisotopic (exact) mass is 368 g/mol. The number of hydrogen-bond acceptors (Lipinski definition) is 4. The number of carbonyl (C=O) groups is 2. The molecule has 1 amide bonds. The lowest BCUT2D eigenvalue weighted by Crippen LogP contribution is -2.41. The molecule has 1 aliphatic rings. The molecule has 6 nitrogen and oxygen atoms in total. The van der Waals surface area contributed by atoms with E-state index in [1.54, 1.807) is 12.1 Å². The number of likely N-dealkylation sites (N-methyl/N-ethyl adjacent to an activating group) is 1. The van der Waals surface area contributed by atoms with Crippen LogP contribution in [-0.4, -0.2) is 59.5 Å². The van der Waals surface area contributed by atoms with Crippen molar-refractivity contribution in [2.45, 2.75) is 25.1 Å². The first-order chi connectivity index (χ1) is 13.0. The van der Waals surface area contributed by atoms with E-state index in [4.69, 9.17) is 4.74 Å². The van der Waals surface area contributed by atoms with Gasteiger partial charge in [-0.2, -0.15) is 0 Å². The van der Waals surface area contributed by atoms with Gasteiger partial charge in [-0.25, -0.2) is 4.79 Å². The second kappa shape index (κ2) is 8.22. The van der Waals surface area contributed by atoms with Gasteiger partial charge in [0.1, 0.15) is 18.4 Å². The summed E-state index contributed by atoms with van der Waals surface area (Å²) in [6, 6.07) is 15.9. The molecule has 27 heavy (non-hydrogen) atoms. The van der Waals surface area contributed by atoms with E-state index in [1.807, 2.05) is 61.5 Å². The Morgan fingerprint density at radius 1 is 1.11 bits per heavy atom. The van der Waals surface area contributed by atoms with Crippen LogP contribution in [0.1, 0.15) is 22.3 Å². The predicted octanol–water partition coefficient (Wildman–Crippen LogP) is 2.49. The molecule has 0 aliphatic carbocycles. The maximum atomic E-state index is 12.8. The van der Waals surface area contributed by atoms with Crippen LogP contribution in [0.15, 0.2) is 54.6 Å². The molecule has 2 aromatic carbocycles. The lowest BCUT2D eigenvalue weighted by atomic mass is 10.1. The number of nitrogens with zero attached hydrogens (tertiary/aromatic N) is 2. The van der Waals surface area contributed by atoms with Crippen molar-refractivity contribution < 1.29 is 19.4 Å². The quantitative estimate of drug-likeness (QED) is 0.848. The molecular weight excluding hydrogens is 344 g/mol. The molecule has 0 radical (unpaired) electrons. The zero-order valence-corrected chi connectivity index (χ0v) is 15.5. The third kappa shape index (κ3) is 4.46. The van der Waals surface area contributed by atoms with Crippen LogP contribution in [-0.2, 0) is 11.4 Å². The maximum absolute atomic E-state index is 12.8. The molecule has 6 heteroatoms. The minimum absolute atomic E-state index is 0.0496. The van der Waals surface area contributed by atoms with Gasteiger partial charge in [-0.3, -0.25) is 4.79 Å². The van der Waals surface area contributed by atoms with Crippen LogP contribution < -0.4 is 4.74 Å². The fourth-order valence-corrected chi connectivity index (χ4v) is 3.24. The van der Waals surface area contributed by atoms with Gasteiger partial charge in [0, 0.05) is 18.2 Å². The van der Waals surface area contributed by atoms with Crippen LogP contribution in [0, 0.1) is 0 Å². The number of carboxylic acids is 1. The summed E-state index contributed by atoms with van der Waals surface area (Å²) in [5.41, 5.74) is 1.43. The molecule has 0 unspecified atom stereocenters. The summed E-state index contributed by atoms with van der Waals surface area (Å²) in [7, 11) is 3.80. The van der Waals surface area contributed by atoms with Crippen molar-refractivity contribution in [1.82, 2.24) is 9.80 Å². The van der Waals surface area contributed by atoms with E-state index in [2.05, 4.69) is 0 Å². The highest BCUT2D eigenvalue weighted by Gasteiger charge is 2.40. The minimum Gasteiger partial charge on any atom is -0.489 e. The van der Waals surface area contributed by atoms with Crippen molar-refractivity contribution in [2.75, 3.05) is 20.6 Å². The van der Waals surface area contributed by atoms with Crippen LogP contribution >= 0.6 is 0 Å². The first kappa shape index (κ1) is 18.9. The zero-order chi connectivity index (χ0) is 19.4. The molecule has 3 rings (SSSR count). The van der Waals surface area contributed by atoms with E-state index in [9.17, 15) is 14.7 Å². The number of para-hydroxylation sites is 1. The maximum Gasteiger partial charge on any atom is 0.326 e. The number of likely N-dealkylation sites (tertiary alicyclic amines) is 1. The van der Waals surface area contributed by atoms with Crippen molar-refractivity contribution in [3.05, 3.63) is 65.7 Å². The highest BCUT2D eigenvalue weighted by Crippen LogP contribution is 2.24.